The van der Waals surface area contributed by atoms with Crippen LogP contribution in [-0.2, 0) is 4.79 Å². The zero-order valence-electron chi connectivity index (χ0n) is 14.4. The quantitative estimate of drug-likeness (QED) is 0.893. The smallest absolute Gasteiger partial charge is 0.319 e. The van der Waals surface area contributed by atoms with Crippen molar-refractivity contribution in [3.8, 4) is 0 Å². The van der Waals surface area contributed by atoms with E-state index in [0.717, 1.165) is 24.7 Å². The summed E-state index contributed by atoms with van der Waals surface area (Å²) in [4.78, 5) is 27.6. The van der Waals surface area contributed by atoms with Crippen LogP contribution in [0.4, 0.5) is 16.2 Å². The topological polar surface area (TPSA) is 64.7 Å². The van der Waals surface area contributed by atoms with Gasteiger partial charge in [0.05, 0.1) is 0 Å². The molecule has 2 fully saturated rings. The van der Waals surface area contributed by atoms with Gasteiger partial charge in [-0.05, 0) is 43.0 Å². The van der Waals surface area contributed by atoms with E-state index < -0.39 is 0 Å². The summed E-state index contributed by atoms with van der Waals surface area (Å²) in [6.07, 6.45) is 2.42. The maximum absolute atomic E-state index is 12.1. The molecule has 6 heteroatoms. The van der Waals surface area contributed by atoms with Crippen molar-refractivity contribution in [2.75, 3.05) is 36.9 Å². The standard InChI is InChI=1S/C18H26N4O2/c1-13-9-10-22(11-13)16-6-3-14(4-7-16)19-18(24)20-15-5-8-17(23)21(2)12-15/h3-4,6-7,13,15H,5,8-12H2,1-2H3,(H2,19,20,24). The van der Waals surface area contributed by atoms with Gasteiger partial charge in [-0.3, -0.25) is 4.79 Å². The van der Waals surface area contributed by atoms with E-state index in [-0.39, 0.29) is 18.0 Å². The van der Waals surface area contributed by atoms with Crippen LogP contribution < -0.4 is 15.5 Å². The number of likely N-dealkylation sites (tertiary alicyclic amines) is 1. The van der Waals surface area contributed by atoms with Crippen molar-refractivity contribution in [1.29, 1.82) is 0 Å². The van der Waals surface area contributed by atoms with Gasteiger partial charge in [-0.15, -0.1) is 0 Å². The molecule has 0 bridgehead atoms. The molecule has 0 radical (unpaired) electrons. The molecule has 2 saturated heterocycles. The van der Waals surface area contributed by atoms with Gasteiger partial charge in [0.2, 0.25) is 5.91 Å². The zero-order chi connectivity index (χ0) is 17.1. The summed E-state index contributed by atoms with van der Waals surface area (Å²) in [5, 5.41) is 5.81. The highest BCUT2D eigenvalue weighted by Crippen LogP contribution is 2.24. The van der Waals surface area contributed by atoms with Crippen molar-refractivity contribution in [3.05, 3.63) is 24.3 Å². The third kappa shape index (κ3) is 3.99. The van der Waals surface area contributed by atoms with Crippen LogP contribution in [0.15, 0.2) is 24.3 Å². The number of anilines is 2. The Morgan fingerprint density at radius 1 is 1.17 bits per heavy atom. The SMILES string of the molecule is CC1CCN(c2ccc(NC(=O)NC3CCC(=O)N(C)C3)cc2)C1. The van der Waals surface area contributed by atoms with Gasteiger partial charge < -0.3 is 20.4 Å². The number of amides is 3. The summed E-state index contributed by atoms with van der Waals surface area (Å²) in [7, 11) is 1.77. The average molecular weight is 330 g/mol. The molecule has 2 heterocycles. The van der Waals surface area contributed by atoms with E-state index in [2.05, 4.69) is 34.6 Å². The number of hydrogen-bond donors (Lipinski definition) is 2. The minimum Gasteiger partial charge on any atom is -0.371 e. The molecule has 3 rings (SSSR count). The Labute approximate surface area is 143 Å². The van der Waals surface area contributed by atoms with Crippen molar-refractivity contribution in [2.24, 2.45) is 5.92 Å². The second kappa shape index (κ2) is 7.11. The molecule has 2 N–H and O–H groups in total. The number of piperidine rings is 1. The number of carbonyl (C=O) groups excluding carboxylic acids is 2. The average Bonchev–Trinajstić information content (AvgIpc) is 2.98. The molecular weight excluding hydrogens is 304 g/mol. The zero-order valence-corrected chi connectivity index (χ0v) is 14.4. The molecule has 0 spiro atoms. The van der Waals surface area contributed by atoms with E-state index in [1.54, 1.807) is 11.9 Å². The first kappa shape index (κ1) is 16.6. The first-order valence-electron chi connectivity index (χ1n) is 8.68. The third-order valence-corrected chi connectivity index (χ3v) is 4.88. The predicted molar refractivity (Wildman–Crippen MR) is 95.2 cm³/mol. The molecule has 1 aromatic rings. The van der Waals surface area contributed by atoms with Crippen LogP contribution in [0.3, 0.4) is 0 Å². The first-order valence-corrected chi connectivity index (χ1v) is 8.68. The van der Waals surface area contributed by atoms with Crippen molar-refractivity contribution in [3.63, 3.8) is 0 Å². The molecular formula is C18H26N4O2. The summed E-state index contributed by atoms with van der Waals surface area (Å²) < 4.78 is 0. The molecule has 6 nitrogen and oxygen atoms in total. The predicted octanol–water partition coefficient (Wildman–Crippen LogP) is 2.28. The van der Waals surface area contributed by atoms with Crippen LogP contribution in [-0.4, -0.2) is 49.6 Å². The van der Waals surface area contributed by atoms with E-state index in [4.69, 9.17) is 0 Å². The Balaban J connectivity index is 1.50. The first-order chi connectivity index (χ1) is 11.5. The Morgan fingerprint density at radius 3 is 2.54 bits per heavy atom. The van der Waals surface area contributed by atoms with Crippen LogP contribution in [0.1, 0.15) is 26.2 Å². The molecule has 3 amide bonds. The van der Waals surface area contributed by atoms with Crippen molar-refractivity contribution >= 4 is 23.3 Å². The number of hydrogen-bond acceptors (Lipinski definition) is 3. The largest absolute Gasteiger partial charge is 0.371 e. The number of benzene rings is 1. The highest BCUT2D eigenvalue weighted by atomic mass is 16.2. The number of nitrogens with one attached hydrogen (secondary N) is 2. The van der Waals surface area contributed by atoms with Gasteiger partial charge in [-0.25, -0.2) is 4.79 Å². The lowest BCUT2D eigenvalue weighted by Crippen LogP contribution is -2.49. The molecule has 0 aromatic heterocycles. The van der Waals surface area contributed by atoms with Crippen LogP contribution >= 0.6 is 0 Å². The van der Waals surface area contributed by atoms with Gasteiger partial charge in [0.25, 0.3) is 0 Å². The molecule has 2 aliphatic rings. The van der Waals surface area contributed by atoms with E-state index in [9.17, 15) is 9.59 Å². The monoisotopic (exact) mass is 330 g/mol. The third-order valence-electron chi connectivity index (χ3n) is 4.88. The van der Waals surface area contributed by atoms with Gasteiger partial charge >= 0.3 is 6.03 Å². The molecule has 130 valence electrons. The minimum atomic E-state index is -0.217. The summed E-state index contributed by atoms with van der Waals surface area (Å²) in [6, 6.07) is 7.79. The van der Waals surface area contributed by atoms with Crippen molar-refractivity contribution < 1.29 is 9.59 Å². The fraction of sp³-hybridized carbons (Fsp3) is 0.556. The van der Waals surface area contributed by atoms with Crippen LogP contribution in [0, 0.1) is 5.92 Å². The van der Waals surface area contributed by atoms with Gasteiger partial charge in [0.15, 0.2) is 0 Å². The Morgan fingerprint density at radius 2 is 1.92 bits per heavy atom. The molecule has 0 aliphatic carbocycles. The molecule has 2 atom stereocenters. The molecule has 2 unspecified atom stereocenters. The maximum atomic E-state index is 12.1. The van der Waals surface area contributed by atoms with Gasteiger partial charge in [0, 0.05) is 50.5 Å². The Bertz CT molecular complexity index is 602. The summed E-state index contributed by atoms with van der Waals surface area (Å²) >= 11 is 0. The van der Waals surface area contributed by atoms with Crippen LogP contribution in [0.2, 0.25) is 0 Å². The number of carbonyl (C=O) groups is 2. The fourth-order valence-electron chi connectivity index (χ4n) is 3.41. The van der Waals surface area contributed by atoms with Gasteiger partial charge in [-0.1, -0.05) is 6.92 Å². The van der Waals surface area contributed by atoms with Gasteiger partial charge in [-0.2, -0.15) is 0 Å². The van der Waals surface area contributed by atoms with Crippen LogP contribution in [0.25, 0.3) is 0 Å². The molecule has 0 saturated carbocycles. The number of nitrogens with zero attached hydrogens (tertiary/aromatic N) is 2. The molecule has 2 aliphatic heterocycles. The number of urea groups is 1. The second-order valence-electron chi connectivity index (χ2n) is 7.00. The van der Waals surface area contributed by atoms with Crippen LogP contribution in [0.5, 0.6) is 0 Å². The summed E-state index contributed by atoms with van der Waals surface area (Å²) in [5.74, 6) is 0.884. The van der Waals surface area contributed by atoms with Crippen molar-refractivity contribution in [1.82, 2.24) is 10.2 Å². The number of likely N-dealkylation sites (N-methyl/N-ethyl adjacent to an activating group) is 1. The lowest BCUT2D eigenvalue weighted by atomic mass is 10.1. The maximum Gasteiger partial charge on any atom is 0.319 e. The Kier molecular flexibility index (Phi) is 4.92. The lowest BCUT2D eigenvalue weighted by molar-refractivity contribution is -0.132. The van der Waals surface area contributed by atoms with E-state index >= 15 is 0 Å². The summed E-state index contributed by atoms with van der Waals surface area (Å²) in [6.45, 7) is 5.04. The minimum absolute atomic E-state index is 0.0121. The normalized spacial score (nSPS) is 24.2. The Hall–Kier alpha value is -2.24. The summed E-state index contributed by atoms with van der Waals surface area (Å²) in [5.41, 5.74) is 1.99. The van der Waals surface area contributed by atoms with Crippen molar-refractivity contribution in [2.45, 2.75) is 32.2 Å². The van der Waals surface area contributed by atoms with E-state index in [1.807, 2.05) is 12.1 Å². The molecule has 24 heavy (non-hydrogen) atoms. The van der Waals surface area contributed by atoms with E-state index in [1.165, 1.54) is 12.1 Å². The van der Waals surface area contributed by atoms with Gasteiger partial charge in [0.1, 0.15) is 0 Å². The lowest BCUT2D eigenvalue weighted by Gasteiger charge is -2.30. The van der Waals surface area contributed by atoms with E-state index in [0.29, 0.717) is 19.4 Å². The number of rotatable bonds is 3. The fourth-order valence-corrected chi connectivity index (χ4v) is 3.41. The highest BCUT2D eigenvalue weighted by Gasteiger charge is 2.24. The molecule has 1 aromatic carbocycles. The second-order valence-corrected chi connectivity index (χ2v) is 7.00. The highest BCUT2D eigenvalue weighted by molar-refractivity contribution is 5.90.